The Bertz CT molecular complexity index is 1360. The second-order valence-electron chi connectivity index (χ2n) is 9.99. The third kappa shape index (κ3) is 8.47. The highest BCUT2D eigenvalue weighted by atomic mass is 16.5. The van der Waals surface area contributed by atoms with E-state index in [4.69, 9.17) is 9.84 Å². The number of benzene rings is 3. The molecule has 204 valence electrons. The van der Waals surface area contributed by atoms with Crippen molar-refractivity contribution in [2.24, 2.45) is 0 Å². The predicted octanol–water partition coefficient (Wildman–Crippen LogP) is 6.71. The fourth-order valence-electron chi connectivity index (χ4n) is 5.04. The quantitative estimate of drug-likeness (QED) is 0.158. The van der Waals surface area contributed by atoms with Gasteiger partial charge in [0.1, 0.15) is 5.75 Å². The van der Waals surface area contributed by atoms with E-state index in [9.17, 15) is 14.7 Å². The van der Waals surface area contributed by atoms with Crippen LogP contribution in [-0.4, -0.2) is 33.3 Å². The van der Waals surface area contributed by atoms with Gasteiger partial charge in [0.25, 0.3) is 0 Å². The van der Waals surface area contributed by atoms with E-state index in [1.54, 1.807) is 0 Å². The molecular formula is C33H37NO5. The molecule has 1 heterocycles. The molecule has 0 spiro atoms. The van der Waals surface area contributed by atoms with Gasteiger partial charge in [-0.15, -0.1) is 0 Å². The summed E-state index contributed by atoms with van der Waals surface area (Å²) in [6.07, 6.45) is 8.03. The molecule has 0 saturated carbocycles. The summed E-state index contributed by atoms with van der Waals surface area (Å²) in [5, 5.41) is 19.4. The summed E-state index contributed by atoms with van der Waals surface area (Å²) in [5.74, 6) is -0.745. The maximum atomic E-state index is 11.3. The first-order valence-electron chi connectivity index (χ1n) is 13.8. The first-order chi connectivity index (χ1) is 19.0. The van der Waals surface area contributed by atoms with E-state index < -0.39 is 11.9 Å². The molecule has 4 aromatic rings. The van der Waals surface area contributed by atoms with E-state index >= 15 is 0 Å². The fourth-order valence-corrected chi connectivity index (χ4v) is 5.04. The van der Waals surface area contributed by atoms with Crippen LogP contribution in [0.25, 0.3) is 10.9 Å². The van der Waals surface area contributed by atoms with Crippen LogP contribution in [-0.2, 0) is 41.8 Å². The minimum Gasteiger partial charge on any atom is -0.494 e. The van der Waals surface area contributed by atoms with Gasteiger partial charge in [-0.1, -0.05) is 54.6 Å². The van der Waals surface area contributed by atoms with Crippen molar-refractivity contribution in [3.8, 4) is 5.75 Å². The van der Waals surface area contributed by atoms with E-state index in [1.807, 2.05) is 36.5 Å². The van der Waals surface area contributed by atoms with Gasteiger partial charge in [-0.05, 0) is 85.4 Å². The summed E-state index contributed by atoms with van der Waals surface area (Å²) in [4.78, 5) is 22.2. The van der Waals surface area contributed by atoms with Crippen LogP contribution < -0.4 is 4.74 Å². The molecule has 0 fully saturated rings. The zero-order valence-electron chi connectivity index (χ0n) is 22.4. The molecule has 4 rings (SSSR count). The summed E-state index contributed by atoms with van der Waals surface area (Å²) in [6.45, 7) is 1.30. The number of aryl methyl sites for hydroxylation is 5. The predicted molar refractivity (Wildman–Crippen MR) is 153 cm³/mol. The highest BCUT2D eigenvalue weighted by Crippen LogP contribution is 2.28. The fraction of sp³-hybridized carbons (Fsp3) is 0.333. The second-order valence-corrected chi connectivity index (χ2v) is 9.99. The summed E-state index contributed by atoms with van der Waals surface area (Å²) in [6, 6.07) is 25.0. The van der Waals surface area contributed by atoms with Crippen LogP contribution in [0.5, 0.6) is 5.75 Å². The minimum atomic E-state index is -0.822. The van der Waals surface area contributed by atoms with Crippen LogP contribution in [0.15, 0.2) is 79.0 Å². The third-order valence-electron chi connectivity index (χ3n) is 7.05. The van der Waals surface area contributed by atoms with Crippen molar-refractivity contribution in [2.45, 2.75) is 64.3 Å². The highest BCUT2D eigenvalue weighted by molar-refractivity contribution is 5.88. The maximum Gasteiger partial charge on any atom is 0.303 e. The van der Waals surface area contributed by atoms with Crippen molar-refractivity contribution in [1.82, 2.24) is 4.57 Å². The average molecular weight is 528 g/mol. The number of fused-ring (bicyclic) bond motifs is 1. The maximum absolute atomic E-state index is 11.3. The number of carboxylic acids is 2. The molecule has 0 aliphatic heterocycles. The van der Waals surface area contributed by atoms with Gasteiger partial charge in [-0.25, -0.2) is 0 Å². The number of carboxylic acid groups (broad SMARTS) is 2. The Morgan fingerprint density at radius 2 is 1.41 bits per heavy atom. The van der Waals surface area contributed by atoms with Crippen molar-refractivity contribution < 1.29 is 24.5 Å². The van der Waals surface area contributed by atoms with E-state index in [-0.39, 0.29) is 12.8 Å². The van der Waals surface area contributed by atoms with Gasteiger partial charge in [0.2, 0.25) is 0 Å². The van der Waals surface area contributed by atoms with E-state index in [0.717, 1.165) is 54.3 Å². The molecule has 6 nitrogen and oxygen atoms in total. The van der Waals surface area contributed by atoms with E-state index in [2.05, 4.69) is 47.0 Å². The van der Waals surface area contributed by atoms with Crippen LogP contribution in [0, 0.1) is 0 Å². The number of carbonyl (C=O) groups is 2. The molecule has 1 aromatic heterocycles. The topological polar surface area (TPSA) is 88.8 Å². The van der Waals surface area contributed by atoms with Gasteiger partial charge >= 0.3 is 11.9 Å². The van der Waals surface area contributed by atoms with Crippen LogP contribution in [0.4, 0.5) is 0 Å². The molecule has 0 amide bonds. The third-order valence-corrected chi connectivity index (χ3v) is 7.05. The minimum absolute atomic E-state index is 0.0658. The van der Waals surface area contributed by atoms with E-state index in [1.165, 1.54) is 16.7 Å². The molecule has 0 aliphatic rings. The average Bonchev–Trinajstić information content (AvgIpc) is 3.30. The molecule has 0 atom stereocenters. The van der Waals surface area contributed by atoms with Crippen LogP contribution in [0.2, 0.25) is 0 Å². The molecule has 0 unspecified atom stereocenters. The Kier molecular flexibility index (Phi) is 10.2. The van der Waals surface area contributed by atoms with Crippen molar-refractivity contribution in [3.05, 3.63) is 101 Å². The molecule has 6 heteroatoms. The summed E-state index contributed by atoms with van der Waals surface area (Å²) < 4.78 is 8.02. The second kappa shape index (κ2) is 14.2. The normalized spacial score (nSPS) is 11.1. The molecule has 0 radical (unpaired) electrons. The lowest BCUT2D eigenvalue weighted by Gasteiger charge is -2.09. The highest BCUT2D eigenvalue weighted by Gasteiger charge is 2.14. The number of rotatable bonds is 16. The Morgan fingerprint density at radius 1 is 0.667 bits per heavy atom. The number of aliphatic carboxylic acids is 2. The van der Waals surface area contributed by atoms with Crippen LogP contribution in [0.3, 0.4) is 0 Å². The van der Waals surface area contributed by atoms with E-state index in [0.29, 0.717) is 26.0 Å². The number of hydrogen-bond donors (Lipinski definition) is 2. The largest absolute Gasteiger partial charge is 0.494 e. The first-order valence-corrected chi connectivity index (χ1v) is 13.8. The van der Waals surface area contributed by atoms with Crippen LogP contribution >= 0.6 is 0 Å². The smallest absolute Gasteiger partial charge is 0.303 e. The van der Waals surface area contributed by atoms with Gasteiger partial charge in [0.05, 0.1) is 6.61 Å². The molecule has 3 aromatic carbocycles. The summed E-state index contributed by atoms with van der Waals surface area (Å²) in [5.41, 5.74) is 5.81. The van der Waals surface area contributed by atoms with Gasteiger partial charge in [0, 0.05) is 36.5 Å². The Balaban J connectivity index is 1.35. The monoisotopic (exact) mass is 527 g/mol. The zero-order valence-corrected chi connectivity index (χ0v) is 22.4. The Hall–Kier alpha value is -4.06. The Labute approximate surface area is 229 Å². The SMILES string of the molecule is O=C(O)CCCn1cc(CCC(=O)O)c2c(CCc3ccc(OCCCCc4ccccc4)cc3)cccc21. The Morgan fingerprint density at radius 3 is 2.15 bits per heavy atom. The van der Waals surface area contributed by atoms with Gasteiger partial charge < -0.3 is 19.5 Å². The van der Waals surface area contributed by atoms with Crippen molar-refractivity contribution in [1.29, 1.82) is 0 Å². The zero-order chi connectivity index (χ0) is 27.5. The first kappa shape index (κ1) is 28.0. The lowest BCUT2D eigenvalue weighted by atomic mass is 9.98. The summed E-state index contributed by atoms with van der Waals surface area (Å²) in [7, 11) is 0. The lowest BCUT2D eigenvalue weighted by Crippen LogP contribution is -2.01. The van der Waals surface area contributed by atoms with Crippen molar-refractivity contribution in [2.75, 3.05) is 6.61 Å². The number of ether oxygens (including phenoxy) is 1. The van der Waals surface area contributed by atoms with Gasteiger partial charge in [0.15, 0.2) is 0 Å². The number of unbranched alkanes of at least 4 members (excludes halogenated alkanes) is 1. The number of hydrogen-bond acceptors (Lipinski definition) is 3. The molecule has 2 N–H and O–H groups in total. The summed E-state index contributed by atoms with van der Waals surface area (Å²) >= 11 is 0. The molecule has 39 heavy (non-hydrogen) atoms. The van der Waals surface area contributed by atoms with Crippen molar-refractivity contribution >= 4 is 22.8 Å². The number of nitrogens with zero attached hydrogens (tertiary/aromatic N) is 1. The molecular weight excluding hydrogens is 490 g/mol. The van der Waals surface area contributed by atoms with Gasteiger partial charge in [-0.2, -0.15) is 0 Å². The van der Waals surface area contributed by atoms with Crippen LogP contribution in [0.1, 0.15) is 54.4 Å². The van der Waals surface area contributed by atoms with Crippen molar-refractivity contribution in [3.63, 3.8) is 0 Å². The molecule has 0 saturated heterocycles. The standard InChI is InChI=1S/C33H37NO5/c35-31(36)13-7-22-34-24-28(18-21-32(37)38)33-27(11-6-12-30(33)34)17-14-26-15-19-29(20-16-26)39-23-5-4-10-25-8-2-1-3-9-25/h1-3,6,8-9,11-12,15-16,19-20,24H,4-5,7,10,13-14,17-18,21-23H2,(H,35,36)(H,37,38). The number of aromatic nitrogens is 1. The molecule has 0 aliphatic carbocycles. The molecule has 0 bridgehead atoms. The van der Waals surface area contributed by atoms with Gasteiger partial charge in [-0.3, -0.25) is 9.59 Å². The lowest BCUT2D eigenvalue weighted by molar-refractivity contribution is -0.138.